The number of hydrogen-bond acceptors (Lipinski definition) is 3. The zero-order valence-corrected chi connectivity index (χ0v) is 8.73. The topological polar surface area (TPSA) is 50.8 Å². The molecule has 0 spiro atoms. The molecule has 1 aromatic rings. The van der Waals surface area contributed by atoms with Crippen molar-refractivity contribution in [2.45, 2.75) is 0 Å². The Bertz CT molecular complexity index is 459. The summed E-state index contributed by atoms with van der Waals surface area (Å²) in [6, 6.07) is 9.15. The third kappa shape index (κ3) is 2.86. The van der Waals surface area contributed by atoms with Crippen LogP contribution in [0.2, 0.25) is 0 Å². The fraction of sp³-hybridized carbons (Fsp3) is 0.167. The van der Waals surface area contributed by atoms with Gasteiger partial charge in [0.05, 0.1) is 23.3 Å². The molecule has 1 rings (SSSR count). The van der Waals surface area contributed by atoms with Crippen LogP contribution in [0.15, 0.2) is 24.4 Å². The number of rotatable bonds is 2. The van der Waals surface area contributed by atoms with Gasteiger partial charge in [-0.1, -0.05) is 0 Å². The van der Waals surface area contributed by atoms with E-state index >= 15 is 0 Å². The lowest BCUT2D eigenvalue weighted by Gasteiger charge is -2.04. The van der Waals surface area contributed by atoms with Crippen molar-refractivity contribution in [3.8, 4) is 12.1 Å². The fourth-order valence-electron chi connectivity index (χ4n) is 1.10. The molecule has 0 aromatic heterocycles. The van der Waals surface area contributed by atoms with Gasteiger partial charge in [0.1, 0.15) is 0 Å². The van der Waals surface area contributed by atoms with E-state index < -0.39 is 0 Å². The minimum absolute atomic E-state index is 0.562. The molecule has 0 bridgehead atoms. The Balaban J connectivity index is 3.15. The van der Waals surface area contributed by atoms with E-state index in [-0.39, 0.29) is 0 Å². The largest absolute Gasteiger partial charge is 0.383 e. The summed E-state index contributed by atoms with van der Waals surface area (Å²) in [6.45, 7) is 0. The van der Waals surface area contributed by atoms with Crippen molar-refractivity contribution < 1.29 is 0 Å². The van der Waals surface area contributed by atoms with E-state index in [1.54, 1.807) is 18.2 Å². The molecule has 0 aliphatic rings. The second-order valence-electron chi connectivity index (χ2n) is 3.30. The summed E-state index contributed by atoms with van der Waals surface area (Å²) >= 11 is 0. The summed E-state index contributed by atoms with van der Waals surface area (Å²) < 4.78 is 0. The van der Waals surface area contributed by atoms with Crippen LogP contribution in [0, 0.1) is 22.7 Å². The standard InChI is InChI=1S/C12H11N3/c1-15(2)6-5-11-7-10(8-13)3-4-12(11)9-14/h3-7H,1-2H3/b6-5+. The number of nitriles is 2. The van der Waals surface area contributed by atoms with Crippen LogP contribution in [-0.4, -0.2) is 19.0 Å². The van der Waals surface area contributed by atoms with Gasteiger partial charge in [0.15, 0.2) is 0 Å². The molecule has 1 aromatic carbocycles. The summed E-state index contributed by atoms with van der Waals surface area (Å²) in [5.41, 5.74) is 1.91. The zero-order valence-electron chi connectivity index (χ0n) is 8.73. The molecule has 0 atom stereocenters. The average molecular weight is 197 g/mol. The Morgan fingerprint density at radius 2 is 1.93 bits per heavy atom. The van der Waals surface area contributed by atoms with Crippen molar-refractivity contribution in [3.63, 3.8) is 0 Å². The monoisotopic (exact) mass is 197 g/mol. The van der Waals surface area contributed by atoms with Crippen LogP contribution in [-0.2, 0) is 0 Å². The Morgan fingerprint density at radius 1 is 1.20 bits per heavy atom. The van der Waals surface area contributed by atoms with Crippen molar-refractivity contribution in [2.75, 3.05) is 14.1 Å². The SMILES string of the molecule is CN(C)/C=C/c1cc(C#N)ccc1C#N. The van der Waals surface area contributed by atoms with Crippen molar-refractivity contribution >= 4 is 6.08 Å². The van der Waals surface area contributed by atoms with E-state index in [0.29, 0.717) is 11.1 Å². The van der Waals surface area contributed by atoms with Gasteiger partial charge in [-0.3, -0.25) is 0 Å². The summed E-state index contributed by atoms with van der Waals surface area (Å²) in [6.07, 6.45) is 3.66. The molecular weight excluding hydrogens is 186 g/mol. The predicted octanol–water partition coefficient (Wildman–Crippen LogP) is 1.96. The Hall–Kier alpha value is -2.26. The van der Waals surface area contributed by atoms with Crippen molar-refractivity contribution in [2.24, 2.45) is 0 Å². The average Bonchev–Trinajstić information content (AvgIpc) is 2.25. The molecule has 3 nitrogen and oxygen atoms in total. The van der Waals surface area contributed by atoms with Crippen molar-refractivity contribution in [1.82, 2.24) is 4.90 Å². The van der Waals surface area contributed by atoms with Gasteiger partial charge >= 0.3 is 0 Å². The lowest BCUT2D eigenvalue weighted by molar-refractivity contribution is 0.567. The number of benzene rings is 1. The highest BCUT2D eigenvalue weighted by Gasteiger charge is 1.99. The van der Waals surface area contributed by atoms with E-state index in [1.165, 1.54) is 0 Å². The minimum atomic E-state index is 0.562. The molecule has 15 heavy (non-hydrogen) atoms. The van der Waals surface area contributed by atoms with Crippen LogP contribution in [0.5, 0.6) is 0 Å². The molecule has 74 valence electrons. The van der Waals surface area contributed by atoms with Gasteiger partial charge in [-0.2, -0.15) is 10.5 Å². The molecule has 0 radical (unpaired) electrons. The van der Waals surface area contributed by atoms with Gasteiger partial charge in [-0.15, -0.1) is 0 Å². The third-order valence-electron chi connectivity index (χ3n) is 1.85. The van der Waals surface area contributed by atoms with Crippen LogP contribution in [0.4, 0.5) is 0 Å². The van der Waals surface area contributed by atoms with Crippen LogP contribution < -0.4 is 0 Å². The Morgan fingerprint density at radius 3 is 2.47 bits per heavy atom. The second-order valence-corrected chi connectivity index (χ2v) is 3.30. The molecule has 0 N–H and O–H groups in total. The third-order valence-corrected chi connectivity index (χ3v) is 1.85. The molecule has 0 saturated heterocycles. The van der Waals surface area contributed by atoms with Crippen LogP contribution in [0.25, 0.3) is 6.08 Å². The number of nitrogens with zero attached hydrogens (tertiary/aromatic N) is 3. The molecule has 0 fully saturated rings. The molecule has 0 aliphatic carbocycles. The van der Waals surface area contributed by atoms with Gasteiger partial charge in [0.25, 0.3) is 0 Å². The fourth-order valence-corrected chi connectivity index (χ4v) is 1.10. The summed E-state index contributed by atoms with van der Waals surface area (Å²) in [7, 11) is 3.80. The molecule has 3 heteroatoms. The quantitative estimate of drug-likeness (QED) is 0.728. The van der Waals surface area contributed by atoms with Gasteiger partial charge in [-0.05, 0) is 36.0 Å². The van der Waals surface area contributed by atoms with Crippen molar-refractivity contribution in [1.29, 1.82) is 10.5 Å². The van der Waals surface area contributed by atoms with E-state index in [2.05, 4.69) is 6.07 Å². The predicted molar refractivity (Wildman–Crippen MR) is 58.6 cm³/mol. The maximum Gasteiger partial charge on any atom is 0.0997 e. The first-order valence-electron chi connectivity index (χ1n) is 4.46. The van der Waals surface area contributed by atoms with Gasteiger partial charge in [0.2, 0.25) is 0 Å². The van der Waals surface area contributed by atoms with Gasteiger partial charge < -0.3 is 4.90 Å². The highest BCUT2D eigenvalue weighted by Crippen LogP contribution is 2.12. The van der Waals surface area contributed by atoms with Crippen LogP contribution in [0.1, 0.15) is 16.7 Å². The molecule has 0 amide bonds. The van der Waals surface area contributed by atoms with Gasteiger partial charge in [-0.25, -0.2) is 0 Å². The first kappa shape index (κ1) is 10.8. The summed E-state index contributed by atoms with van der Waals surface area (Å²) in [5, 5.41) is 17.6. The maximum atomic E-state index is 8.87. The lowest BCUT2D eigenvalue weighted by atomic mass is 10.1. The first-order valence-corrected chi connectivity index (χ1v) is 4.46. The zero-order chi connectivity index (χ0) is 11.3. The molecule has 0 heterocycles. The smallest absolute Gasteiger partial charge is 0.0997 e. The highest BCUT2D eigenvalue weighted by molar-refractivity contribution is 5.60. The van der Waals surface area contributed by atoms with Crippen molar-refractivity contribution in [3.05, 3.63) is 41.1 Å². The molecule has 0 saturated carbocycles. The number of hydrogen-bond donors (Lipinski definition) is 0. The van der Waals surface area contributed by atoms with E-state index in [4.69, 9.17) is 10.5 Å². The van der Waals surface area contributed by atoms with Crippen LogP contribution >= 0.6 is 0 Å². The Labute approximate surface area is 89.5 Å². The van der Waals surface area contributed by atoms with E-state index in [1.807, 2.05) is 37.3 Å². The molecule has 0 unspecified atom stereocenters. The van der Waals surface area contributed by atoms with E-state index in [0.717, 1.165) is 5.56 Å². The minimum Gasteiger partial charge on any atom is -0.383 e. The normalized spacial score (nSPS) is 9.60. The summed E-state index contributed by atoms with van der Waals surface area (Å²) in [4.78, 5) is 1.88. The maximum absolute atomic E-state index is 8.87. The highest BCUT2D eigenvalue weighted by atomic mass is 15.0. The Kier molecular flexibility index (Phi) is 3.49. The van der Waals surface area contributed by atoms with Gasteiger partial charge in [0, 0.05) is 14.1 Å². The first-order chi connectivity index (χ1) is 7.17. The lowest BCUT2D eigenvalue weighted by Crippen LogP contribution is -1.99. The van der Waals surface area contributed by atoms with Crippen LogP contribution in [0.3, 0.4) is 0 Å². The molecule has 0 aliphatic heterocycles. The summed E-state index contributed by atoms with van der Waals surface area (Å²) in [5.74, 6) is 0. The molecular formula is C12H11N3. The second kappa shape index (κ2) is 4.83. The van der Waals surface area contributed by atoms with E-state index in [9.17, 15) is 0 Å².